The maximum atomic E-state index is 11.8. The van der Waals surface area contributed by atoms with Crippen molar-refractivity contribution < 1.29 is 14.7 Å². The lowest BCUT2D eigenvalue weighted by molar-refractivity contribution is -0.137. The number of urea groups is 1. The van der Waals surface area contributed by atoms with Crippen molar-refractivity contribution in [2.24, 2.45) is 5.92 Å². The second-order valence-corrected chi connectivity index (χ2v) is 4.37. The molecule has 5 heteroatoms. The summed E-state index contributed by atoms with van der Waals surface area (Å²) >= 11 is 0. The van der Waals surface area contributed by atoms with E-state index in [2.05, 4.69) is 12.2 Å². The van der Waals surface area contributed by atoms with Gasteiger partial charge in [0, 0.05) is 12.6 Å². The van der Waals surface area contributed by atoms with Crippen molar-refractivity contribution in [1.29, 1.82) is 0 Å². The van der Waals surface area contributed by atoms with Gasteiger partial charge >= 0.3 is 12.0 Å². The van der Waals surface area contributed by atoms with Gasteiger partial charge in [-0.25, -0.2) is 4.79 Å². The van der Waals surface area contributed by atoms with Crippen LogP contribution in [0, 0.1) is 5.92 Å². The van der Waals surface area contributed by atoms with Crippen molar-refractivity contribution in [2.75, 3.05) is 13.1 Å². The maximum Gasteiger partial charge on any atom is 0.323 e. The molecule has 1 rings (SSSR count). The third kappa shape index (κ3) is 3.40. The van der Waals surface area contributed by atoms with E-state index in [0.717, 1.165) is 19.3 Å². The van der Waals surface area contributed by atoms with Gasteiger partial charge in [0.1, 0.15) is 6.54 Å². The lowest BCUT2D eigenvalue weighted by Crippen LogP contribution is -2.47. The van der Waals surface area contributed by atoms with Crippen LogP contribution in [0.3, 0.4) is 0 Å². The summed E-state index contributed by atoms with van der Waals surface area (Å²) in [6.07, 6.45) is 3.27. The number of carbonyl (C=O) groups excluding carboxylic acids is 1. The van der Waals surface area contributed by atoms with Gasteiger partial charge in [0.25, 0.3) is 0 Å². The molecular weight excluding hydrogens is 208 g/mol. The Kier molecular flexibility index (Phi) is 4.58. The van der Waals surface area contributed by atoms with Crippen LogP contribution in [0.2, 0.25) is 0 Å². The van der Waals surface area contributed by atoms with Crippen LogP contribution in [0.15, 0.2) is 0 Å². The normalized spacial score (nSPS) is 24.1. The first kappa shape index (κ1) is 12.8. The number of likely N-dealkylation sites (N-methyl/N-ethyl adjacent to an activating group) is 1. The van der Waals surface area contributed by atoms with E-state index < -0.39 is 5.97 Å². The number of aliphatic carboxylic acids is 1. The summed E-state index contributed by atoms with van der Waals surface area (Å²) in [6.45, 7) is 4.08. The molecule has 0 aromatic carbocycles. The van der Waals surface area contributed by atoms with E-state index in [-0.39, 0.29) is 18.6 Å². The Hall–Kier alpha value is -1.26. The van der Waals surface area contributed by atoms with Crippen molar-refractivity contribution in [3.63, 3.8) is 0 Å². The standard InChI is InChI=1S/C11H20N2O3/c1-3-13(7-10(14)15)11(16)12-9-6-4-5-8(9)2/h8-9H,3-7H2,1-2H3,(H,12,16)(H,14,15). The van der Waals surface area contributed by atoms with Crippen molar-refractivity contribution >= 4 is 12.0 Å². The number of nitrogens with one attached hydrogen (secondary N) is 1. The molecule has 2 unspecified atom stereocenters. The summed E-state index contributed by atoms with van der Waals surface area (Å²) < 4.78 is 0. The summed E-state index contributed by atoms with van der Waals surface area (Å²) in [4.78, 5) is 23.6. The Labute approximate surface area is 95.8 Å². The monoisotopic (exact) mass is 228 g/mol. The van der Waals surface area contributed by atoms with Crippen LogP contribution in [0.25, 0.3) is 0 Å². The van der Waals surface area contributed by atoms with Crippen molar-refractivity contribution in [3.8, 4) is 0 Å². The fourth-order valence-corrected chi connectivity index (χ4v) is 2.10. The third-order valence-electron chi connectivity index (χ3n) is 3.17. The van der Waals surface area contributed by atoms with E-state index in [1.807, 2.05) is 0 Å². The van der Waals surface area contributed by atoms with Crippen LogP contribution < -0.4 is 5.32 Å². The van der Waals surface area contributed by atoms with Gasteiger partial charge < -0.3 is 15.3 Å². The van der Waals surface area contributed by atoms with E-state index in [4.69, 9.17) is 5.11 Å². The number of amides is 2. The Morgan fingerprint density at radius 2 is 2.12 bits per heavy atom. The zero-order valence-electron chi connectivity index (χ0n) is 9.90. The summed E-state index contributed by atoms with van der Waals surface area (Å²) in [6, 6.07) is -0.0565. The second-order valence-electron chi connectivity index (χ2n) is 4.37. The lowest BCUT2D eigenvalue weighted by atomic mass is 10.1. The molecule has 1 aliphatic carbocycles. The van der Waals surface area contributed by atoms with Crippen LogP contribution in [-0.2, 0) is 4.79 Å². The molecule has 0 radical (unpaired) electrons. The third-order valence-corrected chi connectivity index (χ3v) is 3.17. The largest absolute Gasteiger partial charge is 0.480 e. The van der Waals surface area contributed by atoms with Gasteiger partial charge in [-0.15, -0.1) is 0 Å². The van der Waals surface area contributed by atoms with Crippen LogP contribution >= 0.6 is 0 Å². The summed E-state index contributed by atoms with van der Waals surface area (Å²) in [7, 11) is 0. The highest BCUT2D eigenvalue weighted by Gasteiger charge is 2.26. The topological polar surface area (TPSA) is 69.6 Å². The van der Waals surface area contributed by atoms with Gasteiger partial charge in [0.15, 0.2) is 0 Å². The highest BCUT2D eigenvalue weighted by atomic mass is 16.4. The van der Waals surface area contributed by atoms with E-state index in [1.165, 1.54) is 4.90 Å². The smallest absolute Gasteiger partial charge is 0.323 e. The van der Waals surface area contributed by atoms with Gasteiger partial charge in [-0.1, -0.05) is 13.3 Å². The highest BCUT2D eigenvalue weighted by Crippen LogP contribution is 2.24. The molecule has 2 N–H and O–H groups in total. The van der Waals surface area contributed by atoms with Crippen LogP contribution in [-0.4, -0.2) is 41.1 Å². The molecule has 0 aromatic heterocycles. The molecule has 2 atom stereocenters. The molecule has 92 valence electrons. The first-order valence-corrected chi connectivity index (χ1v) is 5.81. The Morgan fingerprint density at radius 1 is 1.44 bits per heavy atom. The summed E-state index contributed by atoms with van der Waals surface area (Å²) in [5, 5.41) is 11.6. The average Bonchev–Trinajstić information content (AvgIpc) is 2.60. The number of hydrogen-bond acceptors (Lipinski definition) is 2. The van der Waals surface area contributed by atoms with Crippen LogP contribution in [0.4, 0.5) is 4.79 Å². The SMILES string of the molecule is CCN(CC(=O)O)C(=O)NC1CCCC1C. The van der Waals surface area contributed by atoms with Gasteiger partial charge in [0.2, 0.25) is 0 Å². The van der Waals surface area contributed by atoms with Crippen molar-refractivity contribution in [2.45, 2.75) is 39.2 Å². The number of carboxylic acid groups (broad SMARTS) is 1. The summed E-state index contributed by atoms with van der Waals surface area (Å²) in [5.74, 6) is -0.482. The van der Waals surface area contributed by atoms with E-state index in [0.29, 0.717) is 12.5 Å². The number of rotatable bonds is 4. The number of carboxylic acids is 1. The minimum atomic E-state index is -0.975. The van der Waals surface area contributed by atoms with Gasteiger partial charge in [0.05, 0.1) is 0 Å². The molecule has 1 fully saturated rings. The number of hydrogen-bond donors (Lipinski definition) is 2. The molecule has 5 nitrogen and oxygen atoms in total. The van der Waals surface area contributed by atoms with Gasteiger partial charge in [-0.2, -0.15) is 0 Å². The molecule has 0 aromatic rings. The van der Waals surface area contributed by atoms with E-state index >= 15 is 0 Å². The van der Waals surface area contributed by atoms with E-state index in [9.17, 15) is 9.59 Å². The Bertz CT molecular complexity index is 268. The van der Waals surface area contributed by atoms with Gasteiger partial charge in [-0.3, -0.25) is 4.79 Å². The average molecular weight is 228 g/mol. The first-order valence-electron chi connectivity index (χ1n) is 5.81. The quantitative estimate of drug-likeness (QED) is 0.761. The molecule has 1 aliphatic rings. The number of nitrogens with zero attached hydrogens (tertiary/aromatic N) is 1. The van der Waals surface area contributed by atoms with E-state index in [1.54, 1.807) is 6.92 Å². The molecule has 0 saturated heterocycles. The molecule has 0 heterocycles. The molecule has 0 aliphatic heterocycles. The zero-order chi connectivity index (χ0) is 12.1. The molecular formula is C11H20N2O3. The highest BCUT2D eigenvalue weighted by molar-refractivity contribution is 5.80. The Balaban J connectivity index is 2.45. The van der Waals surface area contributed by atoms with Crippen molar-refractivity contribution in [3.05, 3.63) is 0 Å². The predicted molar refractivity (Wildman–Crippen MR) is 60.2 cm³/mol. The minimum absolute atomic E-state index is 0.204. The first-order chi connectivity index (χ1) is 7.54. The number of carbonyl (C=O) groups is 2. The lowest BCUT2D eigenvalue weighted by Gasteiger charge is -2.24. The summed E-state index contributed by atoms with van der Waals surface area (Å²) in [5.41, 5.74) is 0. The molecule has 0 bridgehead atoms. The zero-order valence-corrected chi connectivity index (χ0v) is 9.90. The van der Waals surface area contributed by atoms with Gasteiger partial charge in [-0.05, 0) is 25.7 Å². The van der Waals surface area contributed by atoms with Crippen LogP contribution in [0.5, 0.6) is 0 Å². The molecule has 1 saturated carbocycles. The predicted octanol–water partition coefficient (Wildman–Crippen LogP) is 1.29. The minimum Gasteiger partial charge on any atom is -0.480 e. The second kappa shape index (κ2) is 5.72. The fraction of sp³-hybridized carbons (Fsp3) is 0.818. The van der Waals surface area contributed by atoms with Crippen LogP contribution in [0.1, 0.15) is 33.1 Å². The van der Waals surface area contributed by atoms with Crippen molar-refractivity contribution in [1.82, 2.24) is 10.2 Å². The molecule has 0 spiro atoms. The molecule has 2 amide bonds. The fourth-order valence-electron chi connectivity index (χ4n) is 2.10. The molecule has 16 heavy (non-hydrogen) atoms. The maximum absolute atomic E-state index is 11.8. The Morgan fingerprint density at radius 3 is 2.56 bits per heavy atom.